The Bertz CT molecular complexity index is 642. The topological polar surface area (TPSA) is 40.5 Å². The number of aliphatic hydroxyl groups is 1. The normalized spacial score (nSPS) is 18.2. The highest BCUT2D eigenvalue weighted by molar-refractivity contribution is 5.51. The molecule has 1 aliphatic rings. The molecule has 24 heavy (non-hydrogen) atoms. The third kappa shape index (κ3) is 3.13. The molecule has 0 aliphatic carbocycles. The van der Waals surface area contributed by atoms with E-state index in [4.69, 9.17) is 0 Å². The smallest absolute Gasteiger partial charge is 0.135 e. The van der Waals surface area contributed by atoms with E-state index in [1.165, 1.54) is 0 Å². The van der Waals surface area contributed by atoms with Gasteiger partial charge in [-0.15, -0.1) is 0 Å². The minimum Gasteiger partial charge on any atom is -0.378 e. The van der Waals surface area contributed by atoms with Crippen molar-refractivity contribution in [1.29, 1.82) is 0 Å². The van der Waals surface area contributed by atoms with Crippen LogP contribution in [0.2, 0.25) is 0 Å². The lowest BCUT2D eigenvalue weighted by Gasteiger charge is -2.39. The van der Waals surface area contributed by atoms with E-state index in [0.29, 0.717) is 6.42 Å². The van der Waals surface area contributed by atoms with Crippen molar-refractivity contribution in [2.24, 2.45) is 0 Å². The molecule has 0 radical (unpaired) electrons. The molecule has 0 amide bonds. The first-order valence-electron chi connectivity index (χ1n) is 8.46. The van der Waals surface area contributed by atoms with Gasteiger partial charge in [-0.2, -0.15) is 0 Å². The van der Waals surface area contributed by atoms with Gasteiger partial charge in [0.05, 0.1) is 6.04 Å². The van der Waals surface area contributed by atoms with E-state index in [2.05, 4.69) is 4.90 Å². The maximum Gasteiger partial charge on any atom is 0.135 e. The van der Waals surface area contributed by atoms with Gasteiger partial charge in [-0.3, -0.25) is 0 Å². The molecule has 0 unspecified atom stereocenters. The fourth-order valence-electron chi connectivity index (χ4n) is 3.60. The van der Waals surface area contributed by atoms with E-state index in [0.717, 1.165) is 36.8 Å². The lowest BCUT2D eigenvalue weighted by atomic mass is 9.79. The Labute approximate surface area is 143 Å². The zero-order valence-corrected chi connectivity index (χ0v) is 13.7. The Hall–Kier alpha value is -2.39. The number of nitrogens with zero attached hydrogens (tertiary/aromatic N) is 1. The van der Waals surface area contributed by atoms with Crippen molar-refractivity contribution >= 4 is 6.29 Å². The fraction of sp³-hybridized carbons (Fsp3) is 0.286. The summed E-state index contributed by atoms with van der Waals surface area (Å²) in [7, 11) is 0. The summed E-state index contributed by atoms with van der Waals surface area (Å²) in [5, 5.41) is 11.8. The molecule has 3 nitrogen and oxygen atoms in total. The van der Waals surface area contributed by atoms with Crippen molar-refractivity contribution in [3.63, 3.8) is 0 Å². The van der Waals surface area contributed by atoms with Gasteiger partial charge in [0, 0.05) is 13.0 Å². The first-order valence-corrected chi connectivity index (χ1v) is 8.46. The first kappa shape index (κ1) is 16.5. The Morgan fingerprint density at radius 2 is 1.62 bits per heavy atom. The van der Waals surface area contributed by atoms with E-state index in [9.17, 15) is 9.90 Å². The van der Waals surface area contributed by atoms with E-state index in [-0.39, 0.29) is 6.04 Å². The summed E-state index contributed by atoms with van der Waals surface area (Å²) in [5.74, 6) is 0. The van der Waals surface area contributed by atoms with Crippen molar-refractivity contribution in [3.05, 3.63) is 84.1 Å². The van der Waals surface area contributed by atoms with Crippen LogP contribution in [-0.4, -0.2) is 28.9 Å². The highest BCUT2D eigenvalue weighted by Crippen LogP contribution is 2.40. The monoisotopic (exact) mass is 321 g/mol. The van der Waals surface area contributed by atoms with Crippen LogP contribution in [0.15, 0.2) is 72.9 Å². The third-order valence-corrected chi connectivity index (χ3v) is 4.73. The molecule has 1 aliphatic heterocycles. The number of hydrogen-bond donors (Lipinski definition) is 1. The second-order valence-corrected chi connectivity index (χ2v) is 6.18. The van der Waals surface area contributed by atoms with Gasteiger partial charge in [0.2, 0.25) is 0 Å². The number of aldehydes is 1. The standard InChI is InChI=1S/C21H23NO2/c23-17-8-7-15-22-16-9-14-20(22)21(24,18-10-3-1-4-11-18)19-12-5-2-6-13-19/h1-7,10-13,15,17,20,24H,8-9,14,16H2/b15-7+/t20-/m0/s1. The van der Waals surface area contributed by atoms with Crippen LogP contribution in [0.5, 0.6) is 0 Å². The Morgan fingerprint density at radius 3 is 2.17 bits per heavy atom. The van der Waals surface area contributed by atoms with Crippen LogP contribution in [0.4, 0.5) is 0 Å². The quantitative estimate of drug-likeness (QED) is 0.828. The largest absolute Gasteiger partial charge is 0.378 e. The van der Waals surface area contributed by atoms with Gasteiger partial charge < -0.3 is 14.8 Å². The number of benzene rings is 2. The summed E-state index contributed by atoms with van der Waals surface area (Å²) >= 11 is 0. The molecule has 3 rings (SSSR count). The molecule has 1 atom stereocenters. The number of hydrogen-bond acceptors (Lipinski definition) is 3. The maximum atomic E-state index is 11.8. The zero-order chi connectivity index (χ0) is 16.8. The SMILES string of the molecule is O=CC/C=C/N1CCC[C@H]1C(O)(c1ccccc1)c1ccccc1. The van der Waals surface area contributed by atoms with E-state index in [1.807, 2.05) is 72.9 Å². The molecule has 0 spiro atoms. The molecule has 124 valence electrons. The van der Waals surface area contributed by atoms with E-state index >= 15 is 0 Å². The maximum absolute atomic E-state index is 11.8. The molecule has 0 aromatic heterocycles. The van der Waals surface area contributed by atoms with Crippen LogP contribution in [0.1, 0.15) is 30.4 Å². The number of likely N-dealkylation sites (tertiary alicyclic amines) is 1. The molecule has 0 bridgehead atoms. The summed E-state index contributed by atoms with van der Waals surface area (Å²) in [6, 6.07) is 19.7. The average molecular weight is 321 g/mol. The first-order chi connectivity index (χ1) is 11.8. The average Bonchev–Trinajstić information content (AvgIpc) is 3.12. The van der Waals surface area contributed by atoms with Gasteiger partial charge in [0.15, 0.2) is 0 Å². The van der Waals surface area contributed by atoms with Crippen molar-refractivity contribution < 1.29 is 9.90 Å². The molecule has 0 saturated carbocycles. The Morgan fingerprint density at radius 1 is 1.04 bits per heavy atom. The van der Waals surface area contributed by atoms with Crippen LogP contribution >= 0.6 is 0 Å². The van der Waals surface area contributed by atoms with Gasteiger partial charge >= 0.3 is 0 Å². The highest BCUT2D eigenvalue weighted by Gasteiger charge is 2.44. The molecule has 1 saturated heterocycles. The van der Waals surface area contributed by atoms with Crippen molar-refractivity contribution in [1.82, 2.24) is 4.90 Å². The predicted molar refractivity (Wildman–Crippen MR) is 95.4 cm³/mol. The molecule has 3 heteroatoms. The second-order valence-electron chi connectivity index (χ2n) is 6.18. The van der Waals surface area contributed by atoms with Crippen molar-refractivity contribution in [2.45, 2.75) is 30.9 Å². The van der Waals surface area contributed by atoms with Crippen molar-refractivity contribution in [2.75, 3.05) is 6.54 Å². The van der Waals surface area contributed by atoms with E-state index < -0.39 is 5.60 Å². The summed E-state index contributed by atoms with van der Waals surface area (Å²) in [6.45, 7) is 0.891. The second kappa shape index (κ2) is 7.45. The Balaban J connectivity index is 2.03. The molecular weight excluding hydrogens is 298 g/mol. The van der Waals surface area contributed by atoms with Crippen LogP contribution in [-0.2, 0) is 10.4 Å². The van der Waals surface area contributed by atoms with Crippen LogP contribution in [0.3, 0.4) is 0 Å². The van der Waals surface area contributed by atoms with Crippen LogP contribution in [0, 0.1) is 0 Å². The summed E-state index contributed by atoms with van der Waals surface area (Å²) < 4.78 is 0. The summed E-state index contributed by atoms with van der Waals surface area (Å²) in [4.78, 5) is 12.8. The summed E-state index contributed by atoms with van der Waals surface area (Å²) in [5.41, 5.74) is 0.721. The number of allylic oxidation sites excluding steroid dienone is 1. The van der Waals surface area contributed by atoms with Gasteiger partial charge in [-0.25, -0.2) is 0 Å². The molecule has 2 aromatic rings. The third-order valence-electron chi connectivity index (χ3n) is 4.73. The van der Waals surface area contributed by atoms with Crippen molar-refractivity contribution in [3.8, 4) is 0 Å². The van der Waals surface area contributed by atoms with E-state index in [1.54, 1.807) is 0 Å². The molecule has 1 N–H and O–H groups in total. The Kier molecular flexibility index (Phi) is 5.11. The fourth-order valence-corrected chi connectivity index (χ4v) is 3.60. The zero-order valence-electron chi connectivity index (χ0n) is 13.7. The molecule has 1 heterocycles. The summed E-state index contributed by atoms with van der Waals surface area (Å²) in [6.07, 6.45) is 7.05. The van der Waals surface area contributed by atoms with Gasteiger partial charge in [-0.1, -0.05) is 66.7 Å². The van der Waals surface area contributed by atoms with Crippen LogP contribution < -0.4 is 0 Å². The van der Waals surface area contributed by atoms with Gasteiger partial charge in [0.25, 0.3) is 0 Å². The van der Waals surface area contributed by atoms with Crippen LogP contribution in [0.25, 0.3) is 0 Å². The minimum atomic E-state index is -1.08. The minimum absolute atomic E-state index is 0.0507. The molecular formula is C21H23NO2. The molecule has 2 aromatic carbocycles. The lowest BCUT2D eigenvalue weighted by molar-refractivity contribution is -0.107. The number of carbonyl (C=O) groups is 1. The number of carbonyl (C=O) groups excluding carboxylic acids is 1. The number of rotatable bonds is 6. The lowest BCUT2D eigenvalue weighted by Crippen LogP contribution is -2.46. The highest BCUT2D eigenvalue weighted by atomic mass is 16.3. The van der Waals surface area contributed by atoms with Gasteiger partial charge in [-0.05, 0) is 30.2 Å². The molecule has 1 fully saturated rings. The predicted octanol–water partition coefficient (Wildman–Crippen LogP) is 3.49. The van der Waals surface area contributed by atoms with Gasteiger partial charge in [0.1, 0.15) is 11.9 Å².